The normalized spacial score (nSPS) is 11.1. The number of hydrogen-bond acceptors (Lipinski definition) is 3. The van der Waals surface area contributed by atoms with E-state index >= 15 is 0 Å². The van der Waals surface area contributed by atoms with E-state index in [0.29, 0.717) is 16.3 Å². The zero-order valence-electron chi connectivity index (χ0n) is 13.0. The highest BCUT2D eigenvalue weighted by molar-refractivity contribution is 7.92. The van der Waals surface area contributed by atoms with Crippen LogP contribution in [0.15, 0.2) is 53.4 Å². The van der Waals surface area contributed by atoms with Gasteiger partial charge >= 0.3 is 0 Å². The van der Waals surface area contributed by atoms with Gasteiger partial charge in [-0.15, -0.1) is 0 Å². The van der Waals surface area contributed by atoms with Crippen molar-refractivity contribution in [2.45, 2.75) is 4.90 Å². The van der Waals surface area contributed by atoms with E-state index in [1.807, 2.05) is 0 Å². The third-order valence-corrected chi connectivity index (χ3v) is 5.33. The Morgan fingerprint density at radius 2 is 1.65 bits per heavy atom. The standard InChI is InChI=1S/C16H17ClN2O3S/c1-18(2)16(20)12-6-4-9-15(10-12)23(21,22)19(3)14-8-5-7-13(17)11-14/h4-11H,1-3H3. The topological polar surface area (TPSA) is 57.7 Å². The molecular formula is C16H17ClN2O3S. The quantitative estimate of drug-likeness (QED) is 0.850. The molecule has 5 nitrogen and oxygen atoms in total. The van der Waals surface area contributed by atoms with Crippen LogP contribution in [-0.2, 0) is 10.0 Å². The van der Waals surface area contributed by atoms with Crippen LogP contribution in [0, 0.1) is 0 Å². The Kier molecular flexibility index (Phi) is 4.97. The molecule has 2 rings (SSSR count). The van der Waals surface area contributed by atoms with E-state index < -0.39 is 10.0 Å². The molecule has 0 fully saturated rings. The largest absolute Gasteiger partial charge is 0.345 e. The van der Waals surface area contributed by atoms with Crippen molar-refractivity contribution in [1.29, 1.82) is 0 Å². The first-order valence-electron chi connectivity index (χ1n) is 6.79. The van der Waals surface area contributed by atoms with Gasteiger partial charge in [0.25, 0.3) is 15.9 Å². The molecule has 0 radical (unpaired) electrons. The number of hydrogen-bond donors (Lipinski definition) is 0. The molecule has 2 aromatic carbocycles. The Hall–Kier alpha value is -2.05. The molecule has 122 valence electrons. The van der Waals surface area contributed by atoms with E-state index in [1.165, 1.54) is 24.1 Å². The number of carbonyl (C=O) groups excluding carboxylic acids is 1. The zero-order chi connectivity index (χ0) is 17.2. The number of halogens is 1. The van der Waals surface area contributed by atoms with Crippen LogP contribution >= 0.6 is 11.6 Å². The minimum Gasteiger partial charge on any atom is -0.345 e. The van der Waals surface area contributed by atoms with Gasteiger partial charge in [0.15, 0.2) is 0 Å². The van der Waals surface area contributed by atoms with E-state index in [-0.39, 0.29) is 10.8 Å². The fourth-order valence-corrected chi connectivity index (χ4v) is 3.43. The Morgan fingerprint density at radius 1 is 1.00 bits per heavy atom. The van der Waals surface area contributed by atoms with E-state index in [9.17, 15) is 13.2 Å². The molecule has 0 saturated heterocycles. The highest BCUT2D eigenvalue weighted by Crippen LogP contribution is 2.25. The lowest BCUT2D eigenvalue weighted by Gasteiger charge is -2.20. The number of nitrogens with zero attached hydrogens (tertiary/aromatic N) is 2. The summed E-state index contributed by atoms with van der Waals surface area (Å²) in [6.07, 6.45) is 0. The number of carbonyl (C=O) groups is 1. The Bertz CT molecular complexity index is 835. The predicted octanol–water partition coefficient (Wildman–Crippen LogP) is 2.87. The maximum absolute atomic E-state index is 12.7. The van der Waals surface area contributed by atoms with Gasteiger partial charge in [0.2, 0.25) is 0 Å². The zero-order valence-corrected chi connectivity index (χ0v) is 14.6. The lowest BCUT2D eigenvalue weighted by Crippen LogP contribution is -2.27. The second-order valence-corrected chi connectivity index (χ2v) is 7.59. The molecule has 0 spiro atoms. The maximum atomic E-state index is 12.7. The Balaban J connectivity index is 2.44. The summed E-state index contributed by atoms with van der Waals surface area (Å²) >= 11 is 5.91. The molecule has 0 N–H and O–H groups in total. The van der Waals surface area contributed by atoms with Crippen molar-refractivity contribution >= 4 is 33.2 Å². The second-order valence-electron chi connectivity index (χ2n) is 5.18. The van der Waals surface area contributed by atoms with Crippen molar-refractivity contribution in [2.75, 3.05) is 25.4 Å². The molecular weight excluding hydrogens is 336 g/mol. The predicted molar refractivity (Wildman–Crippen MR) is 91.5 cm³/mol. The number of rotatable bonds is 4. The van der Waals surface area contributed by atoms with Crippen molar-refractivity contribution in [1.82, 2.24) is 4.90 Å². The molecule has 0 unspecified atom stereocenters. The van der Waals surface area contributed by atoms with Gasteiger partial charge in [-0.1, -0.05) is 23.7 Å². The number of amides is 1. The highest BCUT2D eigenvalue weighted by atomic mass is 35.5. The van der Waals surface area contributed by atoms with Gasteiger partial charge < -0.3 is 4.90 Å². The highest BCUT2D eigenvalue weighted by Gasteiger charge is 2.22. The maximum Gasteiger partial charge on any atom is 0.264 e. The van der Waals surface area contributed by atoms with Gasteiger partial charge in [0.1, 0.15) is 0 Å². The van der Waals surface area contributed by atoms with Crippen molar-refractivity contribution in [3.63, 3.8) is 0 Å². The summed E-state index contributed by atoms with van der Waals surface area (Å²) in [7, 11) is 0.885. The van der Waals surface area contributed by atoms with E-state index in [0.717, 1.165) is 4.31 Å². The monoisotopic (exact) mass is 352 g/mol. The summed E-state index contributed by atoms with van der Waals surface area (Å²) in [5, 5.41) is 0.445. The number of benzene rings is 2. The third-order valence-electron chi connectivity index (χ3n) is 3.32. The fourth-order valence-electron chi connectivity index (χ4n) is 2.02. The summed E-state index contributed by atoms with van der Waals surface area (Å²) in [4.78, 5) is 13.5. The van der Waals surface area contributed by atoms with Gasteiger partial charge in [0, 0.05) is 31.7 Å². The molecule has 0 aliphatic rings. The SMILES string of the molecule is CN(C)C(=O)c1cccc(S(=O)(=O)N(C)c2cccc(Cl)c2)c1. The van der Waals surface area contributed by atoms with Crippen LogP contribution in [0.3, 0.4) is 0 Å². The van der Waals surface area contributed by atoms with Crippen LogP contribution in [0.4, 0.5) is 5.69 Å². The average molecular weight is 353 g/mol. The molecule has 0 atom stereocenters. The molecule has 2 aromatic rings. The van der Waals surface area contributed by atoms with Crippen molar-refractivity contribution in [3.05, 3.63) is 59.1 Å². The summed E-state index contributed by atoms with van der Waals surface area (Å²) < 4.78 is 26.6. The van der Waals surface area contributed by atoms with Crippen LogP contribution in [0.5, 0.6) is 0 Å². The lowest BCUT2D eigenvalue weighted by molar-refractivity contribution is 0.0827. The van der Waals surface area contributed by atoms with Crippen LogP contribution in [0.25, 0.3) is 0 Å². The summed E-state index contributed by atoms with van der Waals surface area (Å²) in [6.45, 7) is 0. The van der Waals surface area contributed by atoms with Gasteiger partial charge in [-0.25, -0.2) is 8.42 Å². The molecule has 0 aliphatic carbocycles. The van der Waals surface area contributed by atoms with Gasteiger partial charge in [-0.2, -0.15) is 0 Å². The van der Waals surface area contributed by atoms with Crippen LogP contribution < -0.4 is 4.31 Å². The first-order valence-corrected chi connectivity index (χ1v) is 8.61. The minimum atomic E-state index is -3.79. The van der Waals surface area contributed by atoms with E-state index in [1.54, 1.807) is 50.5 Å². The van der Waals surface area contributed by atoms with Crippen LogP contribution in [0.1, 0.15) is 10.4 Å². The third kappa shape index (κ3) is 3.65. The number of sulfonamides is 1. The fraction of sp³-hybridized carbons (Fsp3) is 0.188. The molecule has 0 aromatic heterocycles. The smallest absolute Gasteiger partial charge is 0.264 e. The molecule has 0 saturated carbocycles. The summed E-state index contributed by atoms with van der Waals surface area (Å²) in [5.74, 6) is -0.257. The Labute approximate surface area is 141 Å². The molecule has 0 bridgehead atoms. The van der Waals surface area contributed by atoms with Crippen molar-refractivity contribution in [2.24, 2.45) is 0 Å². The number of anilines is 1. The summed E-state index contributed by atoms with van der Waals surface area (Å²) in [6, 6.07) is 12.5. The molecule has 1 amide bonds. The van der Waals surface area contributed by atoms with Gasteiger partial charge in [-0.05, 0) is 36.4 Å². The lowest BCUT2D eigenvalue weighted by atomic mass is 10.2. The molecule has 7 heteroatoms. The van der Waals surface area contributed by atoms with Gasteiger partial charge in [-0.3, -0.25) is 9.10 Å². The minimum absolute atomic E-state index is 0.0488. The van der Waals surface area contributed by atoms with E-state index in [4.69, 9.17) is 11.6 Å². The second kappa shape index (κ2) is 6.60. The molecule has 23 heavy (non-hydrogen) atoms. The van der Waals surface area contributed by atoms with Crippen molar-refractivity contribution < 1.29 is 13.2 Å². The van der Waals surface area contributed by atoms with Gasteiger partial charge in [0.05, 0.1) is 10.6 Å². The first-order chi connectivity index (χ1) is 10.7. The van der Waals surface area contributed by atoms with E-state index in [2.05, 4.69) is 0 Å². The first kappa shape index (κ1) is 17.3. The average Bonchev–Trinajstić information content (AvgIpc) is 2.53. The summed E-state index contributed by atoms with van der Waals surface area (Å²) in [5.41, 5.74) is 0.761. The van der Waals surface area contributed by atoms with Crippen molar-refractivity contribution in [3.8, 4) is 0 Å². The molecule has 0 aliphatic heterocycles. The molecule has 0 heterocycles. The van der Waals surface area contributed by atoms with Crippen LogP contribution in [-0.4, -0.2) is 40.4 Å². The van der Waals surface area contributed by atoms with Crippen LogP contribution in [0.2, 0.25) is 5.02 Å². The Morgan fingerprint density at radius 3 is 2.26 bits per heavy atom.